The van der Waals surface area contributed by atoms with Crippen LogP contribution in [0.1, 0.15) is 31.9 Å². The van der Waals surface area contributed by atoms with Crippen molar-refractivity contribution in [2.75, 3.05) is 30.3 Å². The molecule has 2 heterocycles. The fourth-order valence-corrected chi connectivity index (χ4v) is 4.85. The number of amides is 2. The van der Waals surface area contributed by atoms with Crippen LogP contribution >= 0.6 is 0 Å². The van der Waals surface area contributed by atoms with Crippen molar-refractivity contribution in [2.45, 2.75) is 32.4 Å². The van der Waals surface area contributed by atoms with Gasteiger partial charge in [0, 0.05) is 0 Å². The van der Waals surface area contributed by atoms with Gasteiger partial charge in [-0.2, -0.15) is 0 Å². The number of carbonyl (C=O) groups excluding carboxylic acids is 2. The van der Waals surface area contributed by atoms with Gasteiger partial charge in [0.2, 0.25) is 5.91 Å². The Bertz CT molecular complexity index is 1260. The van der Waals surface area contributed by atoms with Crippen LogP contribution in [0.2, 0.25) is 0 Å². The molecule has 0 radical (unpaired) electrons. The smallest absolute Gasteiger partial charge is 0.266 e. The lowest BCUT2D eigenvalue weighted by atomic mass is 9.90. The van der Waals surface area contributed by atoms with Crippen molar-refractivity contribution >= 4 is 23.2 Å². The Balaban J connectivity index is 1.56. The second-order valence-corrected chi connectivity index (χ2v) is 8.86. The number of ether oxygens (including phenoxy) is 3. The van der Waals surface area contributed by atoms with Crippen LogP contribution in [0.4, 0.5) is 11.4 Å². The Morgan fingerprint density at radius 1 is 0.838 bits per heavy atom. The van der Waals surface area contributed by atoms with Gasteiger partial charge in [-0.25, -0.2) is 9.96 Å². The molecule has 0 saturated carbocycles. The monoisotopic (exact) mass is 502 g/mol. The van der Waals surface area contributed by atoms with E-state index in [-0.39, 0.29) is 5.91 Å². The van der Waals surface area contributed by atoms with Crippen molar-refractivity contribution in [3.63, 3.8) is 0 Å². The molecule has 0 aromatic heterocycles. The molecule has 0 spiro atoms. The highest BCUT2D eigenvalue weighted by Gasteiger charge is 2.60. The molecule has 2 aliphatic heterocycles. The predicted molar refractivity (Wildman–Crippen MR) is 139 cm³/mol. The van der Waals surface area contributed by atoms with Crippen molar-refractivity contribution in [1.29, 1.82) is 0 Å². The maximum Gasteiger partial charge on any atom is 0.266 e. The summed E-state index contributed by atoms with van der Waals surface area (Å²) in [5, 5.41) is 1.67. The second-order valence-electron chi connectivity index (χ2n) is 8.86. The third kappa shape index (κ3) is 4.49. The molecule has 0 aliphatic carbocycles. The summed E-state index contributed by atoms with van der Waals surface area (Å²) >= 11 is 0. The highest BCUT2D eigenvalue weighted by molar-refractivity contribution is 6.23. The fraction of sp³-hybridized carbons (Fsp3) is 0.310. The zero-order chi connectivity index (χ0) is 25.9. The molecule has 2 amide bonds. The van der Waals surface area contributed by atoms with Crippen molar-refractivity contribution in [1.82, 2.24) is 0 Å². The lowest BCUT2D eigenvalue weighted by molar-refractivity contribution is -0.126. The molecule has 3 aromatic rings. The van der Waals surface area contributed by atoms with E-state index in [2.05, 4.69) is 0 Å². The maximum atomic E-state index is 13.8. The van der Waals surface area contributed by atoms with E-state index in [1.165, 1.54) is 4.90 Å². The van der Waals surface area contributed by atoms with Crippen LogP contribution in [0.15, 0.2) is 72.8 Å². The van der Waals surface area contributed by atoms with E-state index in [0.717, 1.165) is 17.7 Å². The van der Waals surface area contributed by atoms with Crippen LogP contribution in [-0.4, -0.2) is 38.2 Å². The number of hydrogen-bond acceptors (Lipinski definition) is 7. The molecule has 0 unspecified atom stereocenters. The Kier molecular flexibility index (Phi) is 7.01. The van der Waals surface area contributed by atoms with E-state index in [1.54, 1.807) is 36.4 Å². The molecular weight excluding hydrogens is 472 g/mol. The molecule has 0 bridgehead atoms. The summed E-state index contributed by atoms with van der Waals surface area (Å²) < 4.78 is 17.0. The van der Waals surface area contributed by atoms with E-state index in [4.69, 9.17) is 19.0 Å². The standard InChI is InChI=1S/C29H30N2O6/c1-4-17-36-23-16-11-19(18-24(23)35-5-2)26-25-27(37-31(26)21-9-7-6-8-10-21)29(33)30(28(25)32)20-12-14-22(34-3)15-13-20/h6-16,18,25-27H,4-5,17H2,1-3H3/t25-,26+,27+/m1/s1. The number of rotatable bonds is 9. The number of hydrogen-bond donors (Lipinski definition) is 0. The van der Waals surface area contributed by atoms with Gasteiger partial charge in [0.15, 0.2) is 17.6 Å². The number of nitrogens with zero attached hydrogens (tertiary/aromatic N) is 2. The molecular formula is C29H30N2O6. The quantitative estimate of drug-likeness (QED) is 0.384. The van der Waals surface area contributed by atoms with Gasteiger partial charge in [0.1, 0.15) is 11.7 Å². The number of hydroxylamine groups is 1. The molecule has 37 heavy (non-hydrogen) atoms. The van der Waals surface area contributed by atoms with Crippen LogP contribution in [-0.2, 0) is 14.4 Å². The van der Waals surface area contributed by atoms with Gasteiger partial charge in [-0.1, -0.05) is 31.2 Å². The number of fused-ring (bicyclic) bond motifs is 1. The van der Waals surface area contributed by atoms with Crippen LogP contribution in [0, 0.1) is 5.92 Å². The molecule has 3 atom stereocenters. The lowest BCUT2D eigenvalue weighted by Crippen LogP contribution is -2.37. The van der Waals surface area contributed by atoms with Crippen LogP contribution in [0.5, 0.6) is 17.2 Å². The lowest BCUT2D eigenvalue weighted by Gasteiger charge is -2.29. The minimum absolute atomic E-state index is 0.312. The first-order chi connectivity index (χ1) is 18.1. The predicted octanol–water partition coefficient (Wildman–Crippen LogP) is 4.93. The minimum Gasteiger partial charge on any atom is -0.497 e. The van der Waals surface area contributed by atoms with Crippen LogP contribution in [0.3, 0.4) is 0 Å². The third-order valence-electron chi connectivity index (χ3n) is 6.53. The summed E-state index contributed by atoms with van der Waals surface area (Å²) in [4.78, 5) is 34.8. The van der Waals surface area contributed by atoms with E-state index in [0.29, 0.717) is 36.1 Å². The minimum atomic E-state index is -0.952. The molecule has 2 fully saturated rings. The van der Waals surface area contributed by atoms with Crippen molar-refractivity contribution in [3.8, 4) is 17.2 Å². The average Bonchev–Trinajstić information content (AvgIpc) is 3.44. The summed E-state index contributed by atoms with van der Waals surface area (Å²) in [6, 6.07) is 21.4. The van der Waals surface area contributed by atoms with Crippen LogP contribution < -0.4 is 24.2 Å². The Labute approximate surface area is 216 Å². The largest absolute Gasteiger partial charge is 0.497 e. The van der Waals surface area contributed by atoms with Crippen LogP contribution in [0.25, 0.3) is 0 Å². The number of methoxy groups -OCH3 is 1. The van der Waals surface area contributed by atoms with E-state index >= 15 is 0 Å². The molecule has 8 nitrogen and oxygen atoms in total. The van der Waals surface area contributed by atoms with Gasteiger partial charge < -0.3 is 14.2 Å². The summed E-state index contributed by atoms with van der Waals surface area (Å²) in [7, 11) is 1.57. The Hall–Kier alpha value is -4.04. The molecule has 0 N–H and O–H groups in total. The topological polar surface area (TPSA) is 77.5 Å². The number of para-hydroxylation sites is 1. The van der Waals surface area contributed by atoms with Gasteiger partial charge >= 0.3 is 0 Å². The molecule has 2 saturated heterocycles. The van der Waals surface area contributed by atoms with E-state index in [9.17, 15) is 9.59 Å². The summed E-state index contributed by atoms with van der Waals surface area (Å²) in [6.45, 7) is 4.98. The van der Waals surface area contributed by atoms with Gasteiger partial charge in [-0.05, 0) is 67.4 Å². The number of carbonyl (C=O) groups is 2. The fourth-order valence-electron chi connectivity index (χ4n) is 4.85. The van der Waals surface area contributed by atoms with Gasteiger partial charge in [-0.3, -0.25) is 14.4 Å². The van der Waals surface area contributed by atoms with Gasteiger partial charge in [0.05, 0.1) is 37.7 Å². The summed E-state index contributed by atoms with van der Waals surface area (Å²) in [6.07, 6.45) is -0.0843. The van der Waals surface area contributed by atoms with Crippen molar-refractivity contribution in [3.05, 3.63) is 78.4 Å². The van der Waals surface area contributed by atoms with Gasteiger partial charge in [-0.15, -0.1) is 0 Å². The molecule has 2 aliphatic rings. The zero-order valence-corrected chi connectivity index (χ0v) is 21.1. The molecule has 8 heteroatoms. The van der Waals surface area contributed by atoms with Gasteiger partial charge in [0.25, 0.3) is 5.91 Å². The third-order valence-corrected chi connectivity index (χ3v) is 6.53. The highest BCUT2D eigenvalue weighted by Crippen LogP contribution is 2.48. The molecule has 192 valence electrons. The normalized spacial score (nSPS) is 20.8. The first-order valence-corrected chi connectivity index (χ1v) is 12.5. The second kappa shape index (κ2) is 10.5. The molecule has 5 rings (SSSR count). The number of anilines is 2. The summed E-state index contributed by atoms with van der Waals surface area (Å²) in [5.74, 6) is 0.425. The van der Waals surface area contributed by atoms with E-state index in [1.807, 2.05) is 62.4 Å². The molecule has 3 aromatic carbocycles. The SMILES string of the molecule is CCCOc1ccc([C@H]2[C@H]3C(=O)N(c4ccc(OC)cc4)C(=O)[C@H]3ON2c2ccccc2)cc1OCC. The van der Waals surface area contributed by atoms with Crippen molar-refractivity contribution < 1.29 is 28.6 Å². The highest BCUT2D eigenvalue weighted by atomic mass is 16.7. The van der Waals surface area contributed by atoms with Crippen molar-refractivity contribution in [2.24, 2.45) is 5.92 Å². The Morgan fingerprint density at radius 2 is 1.59 bits per heavy atom. The summed E-state index contributed by atoms with van der Waals surface area (Å²) in [5.41, 5.74) is 2.03. The number of imide groups is 1. The zero-order valence-electron chi connectivity index (χ0n) is 21.1. The Morgan fingerprint density at radius 3 is 2.27 bits per heavy atom. The van der Waals surface area contributed by atoms with E-state index < -0.39 is 24.0 Å². The number of benzene rings is 3. The first kappa shape index (κ1) is 24.6. The maximum absolute atomic E-state index is 13.8. The average molecular weight is 503 g/mol. The first-order valence-electron chi connectivity index (χ1n) is 12.5.